The van der Waals surface area contributed by atoms with Crippen LogP contribution >= 0.6 is 11.6 Å². The predicted octanol–water partition coefficient (Wildman–Crippen LogP) is 5.87. The minimum atomic E-state index is -0.179. The highest BCUT2D eigenvalue weighted by Gasteiger charge is 2.38. The molecule has 2 aromatic carbocycles. The van der Waals surface area contributed by atoms with E-state index < -0.39 is 0 Å². The highest BCUT2D eigenvalue weighted by Crippen LogP contribution is 2.45. The monoisotopic (exact) mass is 366 g/mol. The van der Waals surface area contributed by atoms with E-state index in [0.29, 0.717) is 11.4 Å². The zero-order chi connectivity index (χ0) is 18.5. The number of fused-ring (bicyclic) bond motifs is 1. The molecule has 0 bridgehead atoms. The summed E-state index contributed by atoms with van der Waals surface area (Å²) in [5.74, 6) is 0.209. The third kappa shape index (κ3) is 3.12. The number of allylic oxidation sites excluding steroid dienone is 1. The zero-order valence-electron chi connectivity index (χ0n) is 15.3. The molecule has 2 N–H and O–H groups in total. The minimum Gasteiger partial charge on any atom is -0.372 e. The Balaban J connectivity index is 1.88. The largest absolute Gasteiger partial charge is 0.372 e. The molecule has 2 aliphatic rings. The van der Waals surface area contributed by atoms with Crippen LogP contribution in [0.4, 0.5) is 11.4 Å². The second-order valence-electron chi connectivity index (χ2n) is 8.14. The van der Waals surface area contributed by atoms with Gasteiger partial charge in [0, 0.05) is 22.7 Å². The topological polar surface area (TPSA) is 41.1 Å². The van der Waals surface area contributed by atoms with Crippen molar-refractivity contribution >= 4 is 28.8 Å². The normalized spacial score (nSPS) is 21.2. The molecule has 1 aliphatic heterocycles. The molecule has 0 saturated heterocycles. The van der Waals surface area contributed by atoms with Crippen molar-refractivity contribution in [2.24, 2.45) is 5.41 Å². The summed E-state index contributed by atoms with van der Waals surface area (Å²) >= 11 is 6.08. The molecule has 4 heteroatoms. The zero-order valence-corrected chi connectivity index (χ0v) is 16.1. The van der Waals surface area contributed by atoms with Crippen LogP contribution in [0, 0.1) is 12.3 Å². The van der Waals surface area contributed by atoms with Gasteiger partial charge in [-0.3, -0.25) is 4.79 Å². The summed E-state index contributed by atoms with van der Waals surface area (Å²) in [6, 6.07) is 13.9. The van der Waals surface area contributed by atoms with E-state index in [1.807, 2.05) is 24.3 Å². The van der Waals surface area contributed by atoms with E-state index >= 15 is 0 Å². The Bertz CT molecular complexity index is 912. The maximum absolute atomic E-state index is 13.1. The second kappa shape index (κ2) is 6.17. The average Bonchev–Trinajstić information content (AvgIpc) is 2.70. The van der Waals surface area contributed by atoms with Crippen molar-refractivity contribution in [1.29, 1.82) is 0 Å². The van der Waals surface area contributed by atoms with Gasteiger partial charge < -0.3 is 10.6 Å². The van der Waals surface area contributed by atoms with Crippen molar-refractivity contribution < 1.29 is 4.79 Å². The number of nitrogens with one attached hydrogen (secondary N) is 2. The van der Waals surface area contributed by atoms with Crippen molar-refractivity contribution in [3.8, 4) is 0 Å². The summed E-state index contributed by atoms with van der Waals surface area (Å²) < 4.78 is 0. The Morgan fingerprint density at radius 3 is 2.50 bits per heavy atom. The van der Waals surface area contributed by atoms with Crippen molar-refractivity contribution in [3.63, 3.8) is 0 Å². The van der Waals surface area contributed by atoms with Gasteiger partial charge >= 0.3 is 0 Å². The van der Waals surface area contributed by atoms with Crippen LogP contribution in [0.3, 0.4) is 0 Å². The molecule has 1 aliphatic carbocycles. The van der Waals surface area contributed by atoms with Gasteiger partial charge in [0.25, 0.3) is 0 Å². The maximum atomic E-state index is 13.1. The third-order valence-electron chi connectivity index (χ3n) is 5.17. The van der Waals surface area contributed by atoms with E-state index in [9.17, 15) is 4.79 Å². The van der Waals surface area contributed by atoms with Gasteiger partial charge in [-0.1, -0.05) is 43.6 Å². The first-order chi connectivity index (χ1) is 12.3. The molecule has 0 radical (unpaired) electrons. The van der Waals surface area contributed by atoms with Gasteiger partial charge in [-0.15, -0.1) is 0 Å². The van der Waals surface area contributed by atoms with Gasteiger partial charge in [-0.05, 0) is 54.2 Å². The molecule has 0 unspecified atom stereocenters. The molecular formula is C22H23ClN2O. The Labute approximate surface area is 159 Å². The summed E-state index contributed by atoms with van der Waals surface area (Å²) in [7, 11) is 0. The van der Waals surface area contributed by atoms with Crippen molar-refractivity contribution in [1.82, 2.24) is 0 Å². The van der Waals surface area contributed by atoms with Crippen LogP contribution in [0.5, 0.6) is 0 Å². The lowest BCUT2D eigenvalue weighted by atomic mass is 9.73. The van der Waals surface area contributed by atoms with Gasteiger partial charge in [-0.25, -0.2) is 0 Å². The molecule has 2 aromatic rings. The number of hydrogen-bond acceptors (Lipinski definition) is 3. The Hall–Kier alpha value is -2.26. The Morgan fingerprint density at radius 1 is 1.04 bits per heavy atom. The molecule has 134 valence electrons. The number of anilines is 2. The quantitative estimate of drug-likeness (QED) is 0.663. The van der Waals surface area contributed by atoms with Gasteiger partial charge in [0.2, 0.25) is 0 Å². The first-order valence-corrected chi connectivity index (χ1v) is 9.36. The van der Waals surface area contributed by atoms with Crippen LogP contribution in [0.1, 0.15) is 43.9 Å². The Kier molecular flexibility index (Phi) is 4.07. The first kappa shape index (κ1) is 17.2. The van der Waals surface area contributed by atoms with Crippen LogP contribution in [0.25, 0.3) is 0 Å². The van der Waals surface area contributed by atoms with Gasteiger partial charge in [0.05, 0.1) is 17.4 Å². The summed E-state index contributed by atoms with van der Waals surface area (Å²) in [6.07, 6.45) is 1.42. The SMILES string of the molecule is Cc1ccc2c(c1)N[C@@H](c1ccc(Cl)cc1)C1=C(CC(C)(C)CC1=O)N2. The molecule has 1 heterocycles. The molecule has 0 spiro atoms. The molecule has 0 fully saturated rings. The molecule has 1 atom stereocenters. The lowest BCUT2D eigenvalue weighted by Crippen LogP contribution is -2.31. The van der Waals surface area contributed by atoms with Crippen LogP contribution in [-0.2, 0) is 4.79 Å². The summed E-state index contributed by atoms with van der Waals surface area (Å²) in [5, 5.41) is 7.86. The first-order valence-electron chi connectivity index (χ1n) is 8.98. The molecule has 0 amide bonds. The minimum absolute atomic E-state index is 0.0390. The number of aryl methyl sites for hydroxylation is 1. The number of hydrogen-bond donors (Lipinski definition) is 2. The molecule has 0 aromatic heterocycles. The standard InChI is InChI=1S/C22H23ClN2O/c1-13-4-9-16-17(10-13)25-21(14-5-7-15(23)8-6-14)20-18(24-16)11-22(2,3)12-19(20)26/h4-10,21,24-25H,11-12H2,1-3H3/t21-/m0/s1. The summed E-state index contributed by atoms with van der Waals surface area (Å²) in [5.41, 5.74) is 6.10. The lowest BCUT2D eigenvalue weighted by molar-refractivity contribution is -0.118. The fourth-order valence-electron chi connectivity index (χ4n) is 3.96. The average molecular weight is 367 g/mol. The summed E-state index contributed by atoms with van der Waals surface area (Å²) in [4.78, 5) is 13.1. The fraction of sp³-hybridized carbons (Fsp3) is 0.318. The van der Waals surface area contributed by atoms with Crippen LogP contribution in [0.15, 0.2) is 53.7 Å². The number of carbonyl (C=O) groups is 1. The van der Waals surface area contributed by atoms with E-state index in [0.717, 1.165) is 34.6 Å². The molecule has 3 nitrogen and oxygen atoms in total. The number of carbonyl (C=O) groups excluding carboxylic acids is 1. The Morgan fingerprint density at radius 2 is 1.77 bits per heavy atom. The van der Waals surface area contributed by atoms with Gasteiger partial charge in [0.1, 0.15) is 0 Å². The van der Waals surface area contributed by atoms with E-state index in [4.69, 9.17) is 11.6 Å². The highest BCUT2D eigenvalue weighted by atomic mass is 35.5. The van der Waals surface area contributed by atoms with Crippen molar-refractivity contribution in [2.45, 2.75) is 39.7 Å². The van der Waals surface area contributed by atoms with Crippen LogP contribution in [0.2, 0.25) is 5.02 Å². The van der Waals surface area contributed by atoms with Crippen molar-refractivity contribution in [2.75, 3.05) is 10.6 Å². The van der Waals surface area contributed by atoms with Crippen LogP contribution in [-0.4, -0.2) is 5.78 Å². The number of benzene rings is 2. The fourth-order valence-corrected chi connectivity index (χ4v) is 4.09. The number of Topliss-reactive ketones (excluding diaryl/α,β-unsaturated/α-hetero) is 1. The molecule has 4 rings (SSSR count). The summed E-state index contributed by atoms with van der Waals surface area (Å²) in [6.45, 7) is 6.38. The van der Waals surface area contributed by atoms with E-state index in [1.165, 1.54) is 5.56 Å². The van der Waals surface area contributed by atoms with Gasteiger partial charge in [0.15, 0.2) is 5.78 Å². The maximum Gasteiger partial charge on any atom is 0.163 e. The molecule has 0 saturated carbocycles. The number of halogens is 1. The lowest BCUT2D eigenvalue weighted by Gasteiger charge is -2.34. The van der Waals surface area contributed by atoms with Crippen LogP contribution < -0.4 is 10.6 Å². The smallest absolute Gasteiger partial charge is 0.163 e. The van der Waals surface area contributed by atoms with Gasteiger partial charge in [-0.2, -0.15) is 0 Å². The van der Waals surface area contributed by atoms with E-state index in [-0.39, 0.29) is 17.2 Å². The molecular weight excluding hydrogens is 344 g/mol. The second-order valence-corrected chi connectivity index (χ2v) is 8.57. The van der Waals surface area contributed by atoms with E-state index in [1.54, 1.807) is 0 Å². The highest BCUT2D eigenvalue weighted by molar-refractivity contribution is 6.30. The predicted molar refractivity (Wildman–Crippen MR) is 108 cm³/mol. The number of rotatable bonds is 1. The van der Waals surface area contributed by atoms with E-state index in [2.05, 4.69) is 49.6 Å². The van der Waals surface area contributed by atoms with Crippen molar-refractivity contribution in [3.05, 3.63) is 69.9 Å². The third-order valence-corrected chi connectivity index (χ3v) is 5.42. The molecule has 26 heavy (non-hydrogen) atoms. The number of ketones is 1.